The quantitative estimate of drug-likeness (QED) is 0.760. The molecular weight excluding hydrogens is 292 g/mol. The minimum atomic E-state index is -0.648. The van der Waals surface area contributed by atoms with Gasteiger partial charge in [0.1, 0.15) is 6.04 Å². The van der Waals surface area contributed by atoms with E-state index in [0.29, 0.717) is 17.2 Å². The van der Waals surface area contributed by atoms with Crippen LogP contribution in [0.3, 0.4) is 0 Å². The number of carbonyl (C=O) groups excluding carboxylic acids is 2. The highest BCUT2D eigenvalue weighted by Crippen LogP contribution is 2.12. The Bertz CT molecular complexity index is 476. The summed E-state index contributed by atoms with van der Waals surface area (Å²) in [7, 11) is 0. The van der Waals surface area contributed by atoms with Gasteiger partial charge in [-0.15, -0.1) is 0 Å². The summed E-state index contributed by atoms with van der Waals surface area (Å²) in [6.07, 6.45) is 0.755. The van der Waals surface area contributed by atoms with Gasteiger partial charge in [0.15, 0.2) is 0 Å². The normalized spacial score (nSPS) is 13.3. The van der Waals surface area contributed by atoms with Crippen LogP contribution in [0.15, 0.2) is 24.3 Å². The molecule has 0 aliphatic rings. The SMILES string of the molecule is CCONC(=O)[C@H](NC(=O)c1ccc(Cl)cc1)[C@H](C)CC. The molecule has 0 fully saturated rings. The zero-order valence-corrected chi connectivity index (χ0v) is 13.2. The summed E-state index contributed by atoms with van der Waals surface area (Å²) >= 11 is 5.79. The molecule has 0 aromatic heterocycles. The Morgan fingerprint density at radius 3 is 2.38 bits per heavy atom. The van der Waals surface area contributed by atoms with Gasteiger partial charge in [-0.05, 0) is 37.1 Å². The molecule has 0 aliphatic heterocycles. The van der Waals surface area contributed by atoms with Crippen molar-refractivity contribution in [1.82, 2.24) is 10.8 Å². The molecule has 0 unspecified atom stereocenters. The van der Waals surface area contributed by atoms with Crippen molar-refractivity contribution in [2.45, 2.75) is 33.2 Å². The molecule has 6 heteroatoms. The zero-order chi connectivity index (χ0) is 15.8. The second-order valence-corrected chi connectivity index (χ2v) is 5.18. The Hall–Kier alpha value is -1.59. The van der Waals surface area contributed by atoms with E-state index >= 15 is 0 Å². The molecule has 116 valence electrons. The average Bonchev–Trinajstić information content (AvgIpc) is 2.49. The number of rotatable bonds is 7. The third-order valence-corrected chi connectivity index (χ3v) is 3.46. The van der Waals surface area contributed by atoms with Crippen molar-refractivity contribution < 1.29 is 14.4 Å². The van der Waals surface area contributed by atoms with Crippen molar-refractivity contribution in [3.8, 4) is 0 Å². The average molecular weight is 313 g/mol. The standard InChI is InChI=1S/C15H21ClN2O3/c1-4-10(3)13(15(20)18-21-5-2)17-14(19)11-6-8-12(16)9-7-11/h6-10,13H,4-5H2,1-3H3,(H,17,19)(H,18,20)/t10-,13-/m1/s1. The lowest BCUT2D eigenvalue weighted by Gasteiger charge is -2.23. The number of hydrogen-bond acceptors (Lipinski definition) is 3. The second kappa shape index (κ2) is 8.64. The number of halogens is 1. The van der Waals surface area contributed by atoms with Crippen LogP contribution in [0.2, 0.25) is 5.02 Å². The van der Waals surface area contributed by atoms with E-state index in [0.717, 1.165) is 6.42 Å². The van der Waals surface area contributed by atoms with Crippen LogP contribution in [0.1, 0.15) is 37.6 Å². The molecule has 0 spiro atoms. The summed E-state index contributed by atoms with van der Waals surface area (Å²) in [5.74, 6) is -0.682. The predicted molar refractivity (Wildman–Crippen MR) is 81.9 cm³/mol. The lowest BCUT2D eigenvalue weighted by molar-refractivity contribution is -0.136. The van der Waals surface area contributed by atoms with Crippen molar-refractivity contribution in [3.63, 3.8) is 0 Å². The summed E-state index contributed by atoms with van der Waals surface area (Å²) in [6, 6.07) is 5.85. The highest BCUT2D eigenvalue weighted by atomic mass is 35.5. The Balaban J connectivity index is 2.78. The van der Waals surface area contributed by atoms with Gasteiger partial charge in [0.2, 0.25) is 0 Å². The number of amides is 2. The third-order valence-electron chi connectivity index (χ3n) is 3.21. The van der Waals surface area contributed by atoms with E-state index in [1.54, 1.807) is 31.2 Å². The molecule has 2 N–H and O–H groups in total. The van der Waals surface area contributed by atoms with Crippen LogP contribution in [0.4, 0.5) is 0 Å². The van der Waals surface area contributed by atoms with Crippen molar-refractivity contribution in [2.24, 2.45) is 5.92 Å². The fraction of sp³-hybridized carbons (Fsp3) is 0.467. The van der Waals surface area contributed by atoms with E-state index in [2.05, 4.69) is 10.8 Å². The highest BCUT2D eigenvalue weighted by molar-refractivity contribution is 6.30. The van der Waals surface area contributed by atoms with Gasteiger partial charge in [-0.25, -0.2) is 5.48 Å². The third kappa shape index (κ3) is 5.36. The Kier molecular flexibility index (Phi) is 7.19. The van der Waals surface area contributed by atoms with E-state index in [1.165, 1.54) is 0 Å². The van der Waals surface area contributed by atoms with Gasteiger partial charge < -0.3 is 5.32 Å². The summed E-state index contributed by atoms with van der Waals surface area (Å²) in [5.41, 5.74) is 2.79. The van der Waals surface area contributed by atoms with E-state index in [9.17, 15) is 9.59 Å². The maximum absolute atomic E-state index is 12.2. The summed E-state index contributed by atoms with van der Waals surface area (Å²) < 4.78 is 0. The van der Waals surface area contributed by atoms with Crippen molar-refractivity contribution >= 4 is 23.4 Å². The van der Waals surface area contributed by atoms with Crippen LogP contribution >= 0.6 is 11.6 Å². The number of nitrogens with one attached hydrogen (secondary N) is 2. The molecule has 2 amide bonds. The molecule has 0 aliphatic carbocycles. The minimum Gasteiger partial charge on any atom is -0.340 e. The first-order valence-corrected chi connectivity index (χ1v) is 7.35. The number of carbonyl (C=O) groups is 2. The van der Waals surface area contributed by atoms with E-state index in [1.807, 2.05) is 13.8 Å². The van der Waals surface area contributed by atoms with E-state index in [4.69, 9.17) is 16.4 Å². The van der Waals surface area contributed by atoms with E-state index in [-0.39, 0.29) is 17.7 Å². The highest BCUT2D eigenvalue weighted by Gasteiger charge is 2.26. The summed E-state index contributed by atoms with van der Waals surface area (Å²) in [4.78, 5) is 29.1. The van der Waals surface area contributed by atoms with Gasteiger partial charge in [0, 0.05) is 10.6 Å². The predicted octanol–water partition coefficient (Wildman–Crippen LogP) is 2.55. The first-order valence-electron chi connectivity index (χ1n) is 6.97. The van der Waals surface area contributed by atoms with Crippen molar-refractivity contribution in [1.29, 1.82) is 0 Å². The van der Waals surface area contributed by atoms with Crippen LogP contribution in [0, 0.1) is 5.92 Å². The molecule has 0 saturated heterocycles. The van der Waals surface area contributed by atoms with Crippen LogP contribution in [-0.4, -0.2) is 24.5 Å². The molecule has 0 saturated carbocycles. The van der Waals surface area contributed by atoms with Gasteiger partial charge in [0.25, 0.3) is 11.8 Å². The molecule has 21 heavy (non-hydrogen) atoms. The fourth-order valence-corrected chi connectivity index (χ4v) is 1.86. The fourth-order valence-electron chi connectivity index (χ4n) is 1.73. The van der Waals surface area contributed by atoms with Crippen LogP contribution in [0.5, 0.6) is 0 Å². The van der Waals surface area contributed by atoms with Gasteiger partial charge in [-0.3, -0.25) is 14.4 Å². The zero-order valence-electron chi connectivity index (χ0n) is 12.5. The molecular formula is C15H21ClN2O3. The first kappa shape index (κ1) is 17.5. The monoisotopic (exact) mass is 312 g/mol. The Morgan fingerprint density at radius 1 is 1.24 bits per heavy atom. The smallest absolute Gasteiger partial charge is 0.266 e. The van der Waals surface area contributed by atoms with Crippen LogP contribution in [-0.2, 0) is 9.63 Å². The Morgan fingerprint density at radius 2 is 1.86 bits per heavy atom. The maximum Gasteiger partial charge on any atom is 0.266 e. The minimum absolute atomic E-state index is 0.0123. The molecule has 1 rings (SSSR count). The van der Waals surface area contributed by atoms with Gasteiger partial charge in [0.05, 0.1) is 6.61 Å². The van der Waals surface area contributed by atoms with Gasteiger partial charge >= 0.3 is 0 Å². The maximum atomic E-state index is 12.2. The van der Waals surface area contributed by atoms with Gasteiger partial charge in [-0.1, -0.05) is 31.9 Å². The first-order chi connectivity index (χ1) is 9.99. The number of hydrogen-bond donors (Lipinski definition) is 2. The number of hydroxylamine groups is 1. The van der Waals surface area contributed by atoms with Crippen LogP contribution < -0.4 is 10.8 Å². The van der Waals surface area contributed by atoms with Crippen molar-refractivity contribution in [3.05, 3.63) is 34.9 Å². The molecule has 5 nitrogen and oxygen atoms in total. The molecule has 0 bridgehead atoms. The lowest BCUT2D eigenvalue weighted by atomic mass is 9.98. The van der Waals surface area contributed by atoms with E-state index < -0.39 is 6.04 Å². The molecule has 0 heterocycles. The van der Waals surface area contributed by atoms with Gasteiger partial charge in [-0.2, -0.15) is 0 Å². The summed E-state index contributed by atoms with van der Waals surface area (Å²) in [6.45, 7) is 5.99. The van der Waals surface area contributed by atoms with Crippen LogP contribution in [0.25, 0.3) is 0 Å². The molecule has 0 radical (unpaired) electrons. The lowest BCUT2D eigenvalue weighted by Crippen LogP contribution is -2.50. The van der Waals surface area contributed by atoms with Crippen molar-refractivity contribution in [2.75, 3.05) is 6.61 Å². The molecule has 1 aromatic carbocycles. The second-order valence-electron chi connectivity index (χ2n) is 4.74. The number of benzene rings is 1. The topological polar surface area (TPSA) is 67.4 Å². The largest absolute Gasteiger partial charge is 0.340 e. The molecule has 1 aromatic rings. The Labute approximate surface area is 130 Å². The summed E-state index contributed by atoms with van der Waals surface area (Å²) in [5, 5.41) is 3.29. The molecule has 2 atom stereocenters.